The van der Waals surface area contributed by atoms with Crippen molar-refractivity contribution in [1.29, 1.82) is 0 Å². The number of esters is 1. The molecule has 3 N–H and O–H groups in total. The summed E-state index contributed by atoms with van der Waals surface area (Å²) in [6.07, 6.45) is 1.24. The van der Waals surface area contributed by atoms with Crippen molar-refractivity contribution in [2.24, 2.45) is 0 Å². The summed E-state index contributed by atoms with van der Waals surface area (Å²) in [5.74, 6) is -2.63. The molecule has 18 heavy (non-hydrogen) atoms. The van der Waals surface area contributed by atoms with Crippen molar-refractivity contribution in [3.05, 3.63) is 12.0 Å². The van der Waals surface area contributed by atoms with Gasteiger partial charge in [0.05, 0.1) is 13.4 Å². The van der Waals surface area contributed by atoms with E-state index < -0.39 is 23.5 Å². The number of aromatic nitrogens is 2. The molecule has 2 rings (SSSR count). The number of anilines is 1. The summed E-state index contributed by atoms with van der Waals surface area (Å²) in [5, 5.41) is 4.47. The summed E-state index contributed by atoms with van der Waals surface area (Å²) in [7, 11) is 2.18. The highest BCUT2D eigenvalue weighted by atomic mass is 16.6. The van der Waals surface area contributed by atoms with Gasteiger partial charge >= 0.3 is 11.7 Å². The van der Waals surface area contributed by atoms with E-state index in [0.717, 1.165) is 14.2 Å². The molecular weight excluding hydrogens is 244 g/mol. The second kappa shape index (κ2) is 4.11. The number of H-pyrrole nitrogens is 1. The molecule has 0 spiro atoms. The first-order valence-electron chi connectivity index (χ1n) is 4.86. The number of hydrogen-bond acceptors (Lipinski definition) is 6. The van der Waals surface area contributed by atoms with Crippen LogP contribution in [0.5, 0.6) is 0 Å². The Kier molecular flexibility index (Phi) is 2.75. The Bertz CT molecular complexity index is 525. The van der Waals surface area contributed by atoms with E-state index in [-0.39, 0.29) is 11.5 Å². The zero-order valence-electron chi connectivity index (χ0n) is 9.57. The van der Waals surface area contributed by atoms with E-state index >= 15 is 0 Å². The summed E-state index contributed by atoms with van der Waals surface area (Å²) in [6.45, 7) is 0. The Balaban J connectivity index is 2.48. The van der Waals surface area contributed by atoms with Crippen molar-refractivity contribution in [2.75, 3.05) is 19.5 Å². The van der Waals surface area contributed by atoms with Gasteiger partial charge in [-0.15, -0.1) is 0 Å². The lowest BCUT2D eigenvalue weighted by Crippen LogP contribution is -2.62. The van der Waals surface area contributed by atoms with Gasteiger partial charge in [-0.3, -0.25) is 9.59 Å². The molecule has 1 unspecified atom stereocenters. The topological polar surface area (TPSA) is 122 Å². The molecule has 0 bridgehead atoms. The van der Waals surface area contributed by atoms with Crippen molar-refractivity contribution < 1.29 is 23.9 Å². The van der Waals surface area contributed by atoms with E-state index in [1.165, 1.54) is 6.33 Å². The molecule has 9 heteroatoms. The molecule has 1 aliphatic heterocycles. The summed E-state index contributed by atoms with van der Waals surface area (Å²) >= 11 is 0. The molecule has 1 aromatic rings. The minimum Gasteiger partial charge on any atom is -0.465 e. The van der Waals surface area contributed by atoms with Gasteiger partial charge in [-0.2, -0.15) is 0 Å². The second-order valence-corrected chi connectivity index (χ2v) is 3.41. The lowest BCUT2D eigenvalue weighted by atomic mass is 10.2. The monoisotopic (exact) mass is 254 g/mol. The number of rotatable bonds is 2. The van der Waals surface area contributed by atoms with Crippen LogP contribution in [0, 0.1) is 0 Å². The van der Waals surface area contributed by atoms with Crippen molar-refractivity contribution >= 4 is 23.6 Å². The number of amides is 2. The number of fused-ring (bicyclic) bond motifs is 1. The third-order valence-corrected chi connectivity index (χ3v) is 2.49. The Morgan fingerprint density at radius 1 is 1.39 bits per heavy atom. The van der Waals surface area contributed by atoms with E-state index in [0.29, 0.717) is 0 Å². The van der Waals surface area contributed by atoms with Gasteiger partial charge in [0, 0.05) is 7.11 Å². The van der Waals surface area contributed by atoms with Gasteiger partial charge in [-0.25, -0.2) is 9.78 Å². The van der Waals surface area contributed by atoms with Gasteiger partial charge in [0.2, 0.25) is 0 Å². The number of carbonyl (C=O) groups excluding carboxylic acids is 3. The van der Waals surface area contributed by atoms with E-state index in [1.54, 1.807) is 0 Å². The zero-order valence-corrected chi connectivity index (χ0v) is 9.57. The van der Waals surface area contributed by atoms with Crippen LogP contribution in [0.25, 0.3) is 0 Å². The number of aromatic amines is 1. The smallest absolute Gasteiger partial charge is 0.370 e. The molecule has 0 aromatic carbocycles. The third-order valence-electron chi connectivity index (χ3n) is 2.49. The van der Waals surface area contributed by atoms with E-state index in [2.05, 4.69) is 25.3 Å². The highest BCUT2D eigenvalue weighted by Gasteiger charge is 2.52. The van der Waals surface area contributed by atoms with Crippen LogP contribution in [0.1, 0.15) is 10.5 Å². The molecular formula is C9H10N4O5. The van der Waals surface area contributed by atoms with Gasteiger partial charge in [-0.1, -0.05) is 0 Å². The van der Waals surface area contributed by atoms with Crippen LogP contribution in [0.4, 0.5) is 5.82 Å². The van der Waals surface area contributed by atoms with Crippen LogP contribution in [-0.2, 0) is 19.1 Å². The van der Waals surface area contributed by atoms with Gasteiger partial charge in [0.25, 0.3) is 11.8 Å². The highest BCUT2D eigenvalue weighted by molar-refractivity contribution is 6.18. The molecule has 0 radical (unpaired) electrons. The number of carbonyl (C=O) groups is 3. The first-order chi connectivity index (χ1) is 8.55. The average molecular weight is 254 g/mol. The van der Waals surface area contributed by atoms with E-state index in [1.807, 2.05) is 0 Å². The number of nitrogens with zero attached hydrogens (tertiary/aromatic N) is 1. The van der Waals surface area contributed by atoms with Crippen LogP contribution < -0.4 is 10.6 Å². The van der Waals surface area contributed by atoms with E-state index in [4.69, 9.17) is 4.74 Å². The standard InChI is InChI=1S/C9H10N4O5/c1-17-8(16)9(18-2)7(15)12-5-4(6(14)13-9)10-3-11-5/h3H,1-2H3,(H,10,11)(H,12,15)(H,13,14). The van der Waals surface area contributed by atoms with Crippen LogP contribution >= 0.6 is 0 Å². The lowest BCUT2D eigenvalue weighted by molar-refractivity contribution is -0.173. The van der Waals surface area contributed by atoms with Gasteiger partial charge in [0.15, 0.2) is 5.82 Å². The van der Waals surface area contributed by atoms with Crippen LogP contribution in [0.15, 0.2) is 6.33 Å². The number of imidazole rings is 1. The molecule has 0 fully saturated rings. The molecule has 0 saturated heterocycles. The van der Waals surface area contributed by atoms with Crippen molar-refractivity contribution in [3.8, 4) is 0 Å². The quantitative estimate of drug-likeness (QED) is 0.441. The Morgan fingerprint density at radius 3 is 2.72 bits per heavy atom. The molecule has 1 aliphatic rings. The summed E-state index contributed by atoms with van der Waals surface area (Å²) in [5.41, 5.74) is -2.21. The fraction of sp³-hybridized carbons (Fsp3) is 0.333. The predicted molar refractivity (Wildman–Crippen MR) is 56.4 cm³/mol. The number of ether oxygens (including phenoxy) is 2. The molecule has 1 aromatic heterocycles. The largest absolute Gasteiger partial charge is 0.465 e. The third kappa shape index (κ3) is 1.52. The predicted octanol–water partition coefficient (Wildman–Crippen LogP) is -1.39. The summed E-state index contributed by atoms with van der Waals surface area (Å²) in [4.78, 5) is 41.7. The minimum atomic E-state index is -2.23. The summed E-state index contributed by atoms with van der Waals surface area (Å²) in [6, 6.07) is 0. The Morgan fingerprint density at radius 2 is 2.11 bits per heavy atom. The van der Waals surface area contributed by atoms with E-state index in [9.17, 15) is 14.4 Å². The maximum Gasteiger partial charge on any atom is 0.370 e. The molecule has 2 amide bonds. The van der Waals surface area contributed by atoms with Crippen molar-refractivity contribution in [3.63, 3.8) is 0 Å². The number of nitrogens with one attached hydrogen (secondary N) is 3. The highest BCUT2D eigenvalue weighted by Crippen LogP contribution is 2.20. The maximum atomic E-state index is 12.0. The van der Waals surface area contributed by atoms with Gasteiger partial charge in [0.1, 0.15) is 5.69 Å². The van der Waals surface area contributed by atoms with Crippen molar-refractivity contribution in [2.45, 2.75) is 5.72 Å². The van der Waals surface area contributed by atoms with Crippen molar-refractivity contribution in [1.82, 2.24) is 15.3 Å². The van der Waals surface area contributed by atoms with Gasteiger partial charge < -0.3 is 25.1 Å². The molecule has 96 valence electrons. The zero-order chi connectivity index (χ0) is 13.3. The second-order valence-electron chi connectivity index (χ2n) is 3.41. The minimum absolute atomic E-state index is 0.0142. The molecule has 0 aliphatic carbocycles. The normalized spacial score (nSPS) is 22.6. The fourth-order valence-corrected chi connectivity index (χ4v) is 1.55. The Labute approximate surface area is 101 Å². The van der Waals surface area contributed by atoms with Gasteiger partial charge in [-0.05, 0) is 0 Å². The average Bonchev–Trinajstić information content (AvgIpc) is 2.79. The first kappa shape index (κ1) is 12.0. The lowest BCUT2D eigenvalue weighted by Gasteiger charge is -2.26. The van der Waals surface area contributed by atoms with Crippen LogP contribution in [0.3, 0.4) is 0 Å². The number of methoxy groups -OCH3 is 2. The Hall–Kier alpha value is -2.42. The molecule has 2 heterocycles. The first-order valence-corrected chi connectivity index (χ1v) is 4.86. The fourth-order valence-electron chi connectivity index (χ4n) is 1.55. The molecule has 9 nitrogen and oxygen atoms in total. The van der Waals surface area contributed by atoms with Crippen LogP contribution in [-0.4, -0.2) is 47.7 Å². The molecule has 1 atom stereocenters. The SMILES string of the molecule is COC(=O)C1(OC)NC(=O)c2[nH]cnc2NC1=O. The summed E-state index contributed by atoms with van der Waals surface area (Å²) < 4.78 is 9.30. The molecule has 0 saturated carbocycles. The maximum absolute atomic E-state index is 12.0. The number of hydrogen-bond donors (Lipinski definition) is 3. The van der Waals surface area contributed by atoms with Crippen LogP contribution in [0.2, 0.25) is 0 Å².